The fourth-order valence-corrected chi connectivity index (χ4v) is 3.94. The van der Waals surface area contributed by atoms with Crippen LogP contribution in [0.2, 0.25) is 5.02 Å². The Balaban J connectivity index is 1.84. The zero-order chi connectivity index (χ0) is 22.0. The monoisotopic (exact) mass is 438 g/mol. The van der Waals surface area contributed by atoms with Gasteiger partial charge in [-0.25, -0.2) is 5.06 Å². The van der Waals surface area contributed by atoms with E-state index in [0.29, 0.717) is 16.3 Å². The molecule has 1 aliphatic heterocycles. The number of nitrogens with zero attached hydrogens (tertiary/aromatic N) is 2. The lowest BCUT2D eigenvalue weighted by Crippen LogP contribution is -2.29. The molecule has 31 heavy (non-hydrogen) atoms. The van der Waals surface area contributed by atoms with Crippen LogP contribution in [0.5, 0.6) is 0 Å². The molecule has 0 bridgehead atoms. The average Bonchev–Trinajstić information content (AvgIpc) is 3.20. The first-order valence-electron chi connectivity index (χ1n) is 9.58. The van der Waals surface area contributed by atoms with Crippen molar-refractivity contribution in [2.45, 2.75) is 12.1 Å². The minimum Gasteiger partial charge on any atom is -0.469 e. The summed E-state index contributed by atoms with van der Waals surface area (Å²) in [5, 5.41) is 13.3. The number of hydrogen-bond donors (Lipinski definition) is 0. The fourth-order valence-electron chi connectivity index (χ4n) is 3.81. The van der Waals surface area contributed by atoms with Gasteiger partial charge in [0.1, 0.15) is 12.0 Å². The third-order valence-electron chi connectivity index (χ3n) is 5.27. The maximum absolute atomic E-state index is 12.9. The molecule has 4 rings (SSSR count). The molecule has 0 unspecified atom stereocenters. The maximum Gasteiger partial charge on any atom is 0.314 e. The number of ether oxygens (including phenoxy) is 1. The molecule has 0 aromatic heterocycles. The van der Waals surface area contributed by atoms with E-state index in [9.17, 15) is 14.9 Å². The van der Waals surface area contributed by atoms with Crippen LogP contribution in [0.3, 0.4) is 0 Å². The van der Waals surface area contributed by atoms with E-state index in [2.05, 4.69) is 0 Å². The number of carbonyl (C=O) groups is 1. The molecule has 1 aliphatic rings. The van der Waals surface area contributed by atoms with Crippen molar-refractivity contribution in [3.63, 3.8) is 0 Å². The van der Waals surface area contributed by atoms with Crippen LogP contribution in [0.1, 0.15) is 23.3 Å². The zero-order valence-electron chi connectivity index (χ0n) is 16.6. The highest BCUT2D eigenvalue weighted by atomic mass is 35.5. The molecule has 0 N–H and O–H groups in total. The Hall–Kier alpha value is -3.42. The summed E-state index contributed by atoms with van der Waals surface area (Å²) in [4.78, 5) is 29.9. The second-order valence-corrected chi connectivity index (χ2v) is 7.52. The minimum atomic E-state index is -0.704. The number of halogens is 1. The first-order chi connectivity index (χ1) is 15.0. The molecule has 1 heterocycles. The smallest absolute Gasteiger partial charge is 0.314 e. The van der Waals surface area contributed by atoms with Gasteiger partial charge in [-0.1, -0.05) is 54.1 Å². The Labute approximate surface area is 183 Å². The van der Waals surface area contributed by atoms with E-state index in [1.54, 1.807) is 41.5 Å². The SMILES string of the molecule is COC(=O)[C@@H]1[C@@H](c2ccccc2)ON(c2ccc(Cl)cc2)[C@H]1c1ccc([N+](=O)[O-])cc1. The van der Waals surface area contributed by atoms with Crippen molar-refractivity contribution in [3.8, 4) is 0 Å². The van der Waals surface area contributed by atoms with Crippen molar-refractivity contribution >= 4 is 28.9 Å². The van der Waals surface area contributed by atoms with Gasteiger partial charge >= 0.3 is 5.97 Å². The Morgan fingerprint density at radius 1 is 1.00 bits per heavy atom. The third kappa shape index (κ3) is 4.10. The number of anilines is 1. The van der Waals surface area contributed by atoms with Gasteiger partial charge in [0.2, 0.25) is 0 Å². The van der Waals surface area contributed by atoms with Gasteiger partial charge in [-0.2, -0.15) is 0 Å². The van der Waals surface area contributed by atoms with E-state index in [4.69, 9.17) is 21.2 Å². The molecule has 1 saturated heterocycles. The van der Waals surface area contributed by atoms with Crippen LogP contribution in [0.4, 0.5) is 11.4 Å². The molecule has 0 aliphatic carbocycles. The number of esters is 1. The number of rotatable bonds is 5. The average molecular weight is 439 g/mol. The first kappa shape index (κ1) is 20.8. The summed E-state index contributed by atoms with van der Waals surface area (Å²) in [6, 6.07) is 22.0. The Morgan fingerprint density at radius 3 is 2.23 bits per heavy atom. The molecule has 0 spiro atoms. The normalized spacial score (nSPS) is 20.5. The highest BCUT2D eigenvalue weighted by Crippen LogP contribution is 2.49. The Bertz CT molecular complexity index is 1070. The quantitative estimate of drug-likeness (QED) is 0.306. The maximum atomic E-state index is 12.9. The van der Waals surface area contributed by atoms with Crippen molar-refractivity contribution < 1.29 is 19.3 Å². The lowest BCUT2D eigenvalue weighted by molar-refractivity contribution is -0.384. The molecule has 3 aromatic carbocycles. The van der Waals surface area contributed by atoms with Gasteiger partial charge in [-0.15, -0.1) is 0 Å². The molecule has 8 heteroatoms. The van der Waals surface area contributed by atoms with Gasteiger partial charge in [-0.05, 0) is 35.4 Å². The summed E-state index contributed by atoms with van der Waals surface area (Å²) in [6.45, 7) is 0. The summed E-state index contributed by atoms with van der Waals surface area (Å²) in [6.07, 6.45) is -0.607. The van der Waals surface area contributed by atoms with E-state index in [1.165, 1.54) is 19.2 Å². The van der Waals surface area contributed by atoms with Crippen molar-refractivity contribution in [3.05, 3.63) is 105 Å². The Morgan fingerprint density at radius 2 is 1.65 bits per heavy atom. The van der Waals surface area contributed by atoms with Crippen LogP contribution < -0.4 is 5.06 Å². The van der Waals surface area contributed by atoms with E-state index < -0.39 is 29.0 Å². The number of nitro groups is 1. The molecule has 1 fully saturated rings. The summed E-state index contributed by atoms with van der Waals surface area (Å²) < 4.78 is 5.13. The van der Waals surface area contributed by atoms with Gasteiger partial charge in [0.15, 0.2) is 0 Å². The van der Waals surface area contributed by atoms with Crippen molar-refractivity contribution in [1.82, 2.24) is 0 Å². The molecule has 0 amide bonds. The summed E-state index contributed by atoms with van der Waals surface area (Å²) in [7, 11) is 1.34. The van der Waals surface area contributed by atoms with Crippen molar-refractivity contribution in [1.29, 1.82) is 0 Å². The highest BCUT2D eigenvalue weighted by Gasteiger charge is 2.50. The van der Waals surface area contributed by atoms with E-state index in [1.807, 2.05) is 30.3 Å². The molecule has 3 aromatic rings. The van der Waals surface area contributed by atoms with Crippen LogP contribution in [-0.4, -0.2) is 18.0 Å². The minimum absolute atomic E-state index is 0.0325. The lowest BCUT2D eigenvalue weighted by Gasteiger charge is -2.26. The largest absolute Gasteiger partial charge is 0.469 e. The molecule has 0 saturated carbocycles. The van der Waals surface area contributed by atoms with Gasteiger partial charge in [0.05, 0.1) is 23.8 Å². The zero-order valence-corrected chi connectivity index (χ0v) is 17.3. The molecule has 0 radical (unpaired) electrons. The Kier molecular flexibility index (Phi) is 5.88. The highest BCUT2D eigenvalue weighted by molar-refractivity contribution is 6.30. The molecular weight excluding hydrogens is 420 g/mol. The number of carbonyl (C=O) groups excluding carboxylic acids is 1. The number of hydroxylamine groups is 1. The van der Waals surface area contributed by atoms with E-state index >= 15 is 0 Å². The van der Waals surface area contributed by atoms with Gasteiger partial charge in [0, 0.05) is 17.2 Å². The third-order valence-corrected chi connectivity index (χ3v) is 5.53. The van der Waals surface area contributed by atoms with Crippen LogP contribution in [0, 0.1) is 16.0 Å². The summed E-state index contributed by atoms with van der Waals surface area (Å²) in [5.74, 6) is -1.14. The molecule has 158 valence electrons. The van der Waals surface area contributed by atoms with Crippen LogP contribution in [0.15, 0.2) is 78.9 Å². The standard InChI is InChI=1S/C23H19ClN2O5/c1-30-23(27)20-21(15-7-11-19(12-8-15)26(28)29)25(18-13-9-17(24)10-14-18)31-22(20)16-5-3-2-4-6-16/h2-14,20-22H,1H3/t20-,21-,22+/m0/s1. The van der Waals surface area contributed by atoms with Crippen LogP contribution >= 0.6 is 11.6 Å². The lowest BCUT2D eigenvalue weighted by atomic mass is 9.86. The van der Waals surface area contributed by atoms with Crippen LogP contribution in [-0.2, 0) is 14.4 Å². The number of hydrogen-bond acceptors (Lipinski definition) is 6. The number of benzene rings is 3. The molecule has 7 nitrogen and oxygen atoms in total. The predicted octanol–water partition coefficient (Wildman–Crippen LogP) is 5.27. The van der Waals surface area contributed by atoms with E-state index in [-0.39, 0.29) is 5.69 Å². The van der Waals surface area contributed by atoms with Gasteiger partial charge in [-0.3, -0.25) is 19.7 Å². The van der Waals surface area contributed by atoms with Crippen LogP contribution in [0.25, 0.3) is 0 Å². The van der Waals surface area contributed by atoms with Gasteiger partial charge < -0.3 is 4.74 Å². The molecular formula is C23H19ClN2O5. The fraction of sp³-hybridized carbons (Fsp3) is 0.174. The second kappa shape index (κ2) is 8.75. The second-order valence-electron chi connectivity index (χ2n) is 7.08. The topological polar surface area (TPSA) is 81.9 Å². The van der Waals surface area contributed by atoms with Gasteiger partial charge in [0.25, 0.3) is 5.69 Å². The molecule has 3 atom stereocenters. The number of methoxy groups -OCH3 is 1. The first-order valence-corrected chi connectivity index (χ1v) is 9.96. The van der Waals surface area contributed by atoms with Crippen molar-refractivity contribution in [2.75, 3.05) is 12.2 Å². The van der Waals surface area contributed by atoms with E-state index in [0.717, 1.165) is 5.56 Å². The summed E-state index contributed by atoms with van der Waals surface area (Å²) in [5.41, 5.74) is 2.17. The number of nitro benzene ring substituents is 1. The predicted molar refractivity (Wildman–Crippen MR) is 116 cm³/mol. The number of non-ortho nitro benzene ring substituents is 1. The summed E-state index contributed by atoms with van der Waals surface area (Å²) >= 11 is 6.05. The van der Waals surface area contributed by atoms with Crippen molar-refractivity contribution in [2.24, 2.45) is 5.92 Å².